The lowest BCUT2D eigenvalue weighted by atomic mass is 10.1. The molecule has 1 aromatic rings. The molecule has 2 nitrogen and oxygen atoms in total. The zero-order valence-corrected chi connectivity index (χ0v) is 9.38. The van der Waals surface area contributed by atoms with Crippen molar-refractivity contribution < 1.29 is 5.11 Å². The van der Waals surface area contributed by atoms with Gasteiger partial charge in [0.2, 0.25) is 0 Å². The molecule has 1 atom stereocenters. The highest BCUT2D eigenvalue weighted by molar-refractivity contribution is 6.33. The van der Waals surface area contributed by atoms with Gasteiger partial charge >= 0.3 is 0 Å². The molecular formula is C12H14ClNO. The third-order valence-corrected chi connectivity index (χ3v) is 2.27. The monoisotopic (exact) mass is 223 g/mol. The molecule has 0 fully saturated rings. The summed E-state index contributed by atoms with van der Waals surface area (Å²) >= 11 is 5.84. The van der Waals surface area contributed by atoms with Crippen LogP contribution >= 0.6 is 11.6 Å². The van der Waals surface area contributed by atoms with Crippen LogP contribution in [0, 0.1) is 11.8 Å². The first-order valence-corrected chi connectivity index (χ1v) is 5.26. The van der Waals surface area contributed by atoms with Crippen LogP contribution < -0.4 is 5.73 Å². The van der Waals surface area contributed by atoms with Gasteiger partial charge in [-0.1, -0.05) is 36.8 Å². The van der Waals surface area contributed by atoms with Crippen molar-refractivity contribution in [1.82, 2.24) is 0 Å². The lowest BCUT2D eigenvalue weighted by Crippen LogP contribution is -2.00. The van der Waals surface area contributed by atoms with E-state index >= 15 is 0 Å². The van der Waals surface area contributed by atoms with Crippen molar-refractivity contribution in [2.45, 2.75) is 25.9 Å². The van der Waals surface area contributed by atoms with Crippen molar-refractivity contribution in [3.05, 3.63) is 28.8 Å². The molecule has 1 aromatic carbocycles. The van der Waals surface area contributed by atoms with Gasteiger partial charge in [-0.05, 0) is 24.6 Å². The molecule has 0 aliphatic carbocycles. The van der Waals surface area contributed by atoms with E-state index in [4.69, 9.17) is 17.3 Å². The van der Waals surface area contributed by atoms with E-state index in [1.165, 1.54) is 0 Å². The maximum Gasteiger partial charge on any atom is 0.115 e. The lowest BCUT2D eigenvalue weighted by molar-refractivity contribution is 0.221. The number of nitrogens with two attached hydrogens (primary N) is 1. The first kappa shape index (κ1) is 11.9. The Morgan fingerprint density at radius 1 is 1.53 bits per heavy atom. The van der Waals surface area contributed by atoms with Crippen LogP contribution in [-0.2, 0) is 0 Å². The minimum absolute atomic E-state index is 0.492. The Bertz CT molecular complexity index is 392. The summed E-state index contributed by atoms with van der Waals surface area (Å²) in [7, 11) is 0. The maximum absolute atomic E-state index is 9.40. The average molecular weight is 224 g/mol. The minimum atomic E-state index is -0.564. The second-order valence-corrected chi connectivity index (χ2v) is 3.72. The molecule has 3 N–H and O–H groups in total. The van der Waals surface area contributed by atoms with Crippen LogP contribution in [0.1, 0.15) is 25.3 Å². The summed E-state index contributed by atoms with van der Waals surface area (Å²) in [5.41, 5.74) is 6.87. The van der Waals surface area contributed by atoms with Crippen LogP contribution in [0.5, 0.6) is 0 Å². The average Bonchev–Trinajstić information content (AvgIpc) is 2.20. The molecule has 0 heterocycles. The Balaban J connectivity index is 2.76. The first-order chi connectivity index (χ1) is 7.13. The van der Waals surface area contributed by atoms with E-state index in [-0.39, 0.29) is 0 Å². The highest BCUT2D eigenvalue weighted by Gasteiger charge is 1.97. The van der Waals surface area contributed by atoms with E-state index in [0.29, 0.717) is 17.1 Å². The highest BCUT2D eigenvalue weighted by atomic mass is 35.5. The Labute approximate surface area is 95.1 Å². The van der Waals surface area contributed by atoms with Gasteiger partial charge in [0.15, 0.2) is 0 Å². The standard InChI is InChI=1S/C12H14ClNO/c1-2-3-10(15)6-4-9-5-7-12(14)11(13)8-9/h5,7-8,10,15H,2-3,14H2,1H3. The second kappa shape index (κ2) is 5.65. The van der Waals surface area contributed by atoms with Crippen LogP contribution in [0.25, 0.3) is 0 Å². The van der Waals surface area contributed by atoms with Crippen molar-refractivity contribution in [2.24, 2.45) is 0 Å². The summed E-state index contributed by atoms with van der Waals surface area (Å²) in [5.74, 6) is 5.61. The molecule has 1 rings (SSSR count). The summed E-state index contributed by atoms with van der Waals surface area (Å²) in [5, 5.41) is 9.90. The van der Waals surface area contributed by atoms with Gasteiger partial charge in [-0.3, -0.25) is 0 Å². The van der Waals surface area contributed by atoms with Crippen molar-refractivity contribution >= 4 is 17.3 Å². The number of hydrogen-bond acceptors (Lipinski definition) is 2. The molecule has 0 aliphatic heterocycles. The first-order valence-electron chi connectivity index (χ1n) is 4.88. The molecule has 15 heavy (non-hydrogen) atoms. The van der Waals surface area contributed by atoms with E-state index in [0.717, 1.165) is 12.0 Å². The molecule has 0 bridgehead atoms. The van der Waals surface area contributed by atoms with Gasteiger partial charge in [-0.25, -0.2) is 0 Å². The fourth-order valence-corrected chi connectivity index (χ4v) is 1.30. The second-order valence-electron chi connectivity index (χ2n) is 3.31. The van der Waals surface area contributed by atoms with Crippen molar-refractivity contribution in [2.75, 3.05) is 5.73 Å². The molecule has 0 aliphatic rings. The Hall–Kier alpha value is -1.17. The molecule has 0 saturated carbocycles. The van der Waals surface area contributed by atoms with Crippen LogP contribution in [0.2, 0.25) is 5.02 Å². The molecule has 0 spiro atoms. The number of anilines is 1. The highest BCUT2D eigenvalue weighted by Crippen LogP contribution is 2.18. The molecule has 80 valence electrons. The third kappa shape index (κ3) is 3.83. The van der Waals surface area contributed by atoms with E-state index in [2.05, 4.69) is 11.8 Å². The summed E-state index contributed by atoms with van der Waals surface area (Å²) in [6.07, 6.45) is 1.04. The van der Waals surface area contributed by atoms with Crippen molar-refractivity contribution in [3.63, 3.8) is 0 Å². The lowest BCUT2D eigenvalue weighted by Gasteiger charge is -1.99. The molecule has 1 unspecified atom stereocenters. The number of aliphatic hydroxyl groups is 1. The van der Waals surface area contributed by atoms with Crippen molar-refractivity contribution in [3.8, 4) is 11.8 Å². The summed E-state index contributed by atoms with van der Waals surface area (Å²) in [6, 6.07) is 5.19. The Morgan fingerprint density at radius 2 is 2.27 bits per heavy atom. The largest absolute Gasteiger partial charge is 0.398 e. The molecule has 3 heteroatoms. The van der Waals surface area contributed by atoms with E-state index in [1.54, 1.807) is 18.2 Å². The van der Waals surface area contributed by atoms with Crippen LogP contribution in [0.4, 0.5) is 5.69 Å². The zero-order valence-electron chi connectivity index (χ0n) is 8.63. The van der Waals surface area contributed by atoms with Crippen LogP contribution in [-0.4, -0.2) is 11.2 Å². The summed E-state index contributed by atoms with van der Waals surface area (Å²) in [4.78, 5) is 0. The number of halogens is 1. The number of aliphatic hydroxyl groups excluding tert-OH is 1. The number of hydrogen-bond donors (Lipinski definition) is 2. The predicted octanol–water partition coefficient (Wildman–Crippen LogP) is 2.43. The topological polar surface area (TPSA) is 46.2 Å². The van der Waals surface area contributed by atoms with E-state index in [9.17, 15) is 5.11 Å². The molecule has 0 amide bonds. The SMILES string of the molecule is CCCC(O)C#Cc1ccc(N)c(Cl)c1. The minimum Gasteiger partial charge on any atom is -0.398 e. The van der Waals surface area contributed by atoms with Crippen LogP contribution in [0.3, 0.4) is 0 Å². The smallest absolute Gasteiger partial charge is 0.115 e. The number of benzene rings is 1. The third-order valence-electron chi connectivity index (χ3n) is 1.95. The van der Waals surface area contributed by atoms with Gasteiger partial charge in [0, 0.05) is 5.56 Å². The quantitative estimate of drug-likeness (QED) is 0.598. The van der Waals surface area contributed by atoms with Crippen molar-refractivity contribution in [1.29, 1.82) is 0 Å². The fourth-order valence-electron chi connectivity index (χ4n) is 1.12. The molecule has 0 radical (unpaired) electrons. The molecular weight excluding hydrogens is 210 g/mol. The van der Waals surface area contributed by atoms with Gasteiger partial charge in [0.1, 0.15) is 6.10 Å². The molecule has 0 saturated heterocycles. The predicted molar refractivity (Wildman–Crippen MR) is 63.7 cm³/mol. The Morgan fingerprint density at radius 3 is 2.87 bits per heavy atom. The van der Waals surface area contributed by atoms with Gasteiger partial charge in [0.05, 0.1) is 10.7 Å². The normalized spacial score (nSPS) is 11.7. The number of nitrogen functional groups attached to an aromatic ring is 1. The van der Waals surface area contributed by atoms with Gasteiger partial charge in [0.25, 0.3) is 0 Å². The fraction of sp³-hybridized carbons (Fsp3) is 0.333. The Kier molecular flexibility index (Phi) is 4.48. The summed E-state index contributed by atoms with van der Waals surface area (Å²) in [6.45, 7) is 2.00. The van der Waals surface area contributed by atoms with E-state index in [1.807, 2.05) is 6.92 Å². The maximum atomic E-state index is 9.40. The van der Waals surface area contributed by atoms with Crippen LogP contribution in [0.15, 0.2) is 18.2 Å². The van der Waals surface area contributed by atoms with Gasteiger partial charge < -0.3 is 10.8 Å². The number of rotatable bonds is 2. The van der Waals surface area contributed by atoms with Gasteiger partial charge in [-0.15, -0.1) is 0 Å². The van der Waals surface area contributed by atoms with E-state index < -0.39 is 6.10 Å². The van der Waals surface area contributed by atoms with Gasteiger partial charge in [-0.2, -0.15) is 0 Å². The zero-order chi connectivity index (χ0) is 11.3. The summed E-state index contributed by atoms with van der Waals surface area (Å²) < 4.78 is 0. The molecule has 0 aromatic heterocycles.